The van der Waals surface area contributed by atoms with Gasteiger partial charge in [-0.3, -0.25) is 14.7 Å². The highest BCUT2D eigenvalue weighted by Crippen LogP contribution is 2.54. The standard InChI is InChI=1S/C13H23FNO6P/c1-6-19-22(18,20-7-2)11(14)8-10(9-16)15-12(17)21-13(3,4)5/h8-9,11H,6-7H2,1-5H3,(H,15,17). The van der Waals surface area contributed by atoms with Crippen LogP contribution < -0.4 is 5.32 Å². The van der Waals surface area contributed by atoms with Crippen LogP contribution in [0.5, 0.6) is 0 Å². The first-order valence-electron chi connectivity index (χ1n) is 6.77. The zero-order chi connectivity index (χ0) is 17.4. The number of amides is 1. The number of nitrogens with one attached hydrogen (secondary N) is 1. The highest BCUT2D eigenvalue weighted by molar-refractivity contribution is 7.54. The number of hydrogen-bond donors (Lipinski definition) is 1. The van der Waals surface area contributed by atoms with Gasteiger partial charge in [0, 0.05) is 0 Å². The third-order valence-electron chi connectivity index (χ3n) is 2.01. The molecule has 0 aromatic carbocycles. The minimum atomic E-state index is -4.06. The molecule has 1 atom stereocenters. The maximum absolute atomic E-state index is 14.1. The average Bonchev–Trinajstić information content (AvgIpc) is 2.36. The van der Waals surface area contributed by atoms with E-state index in [1.165, 1.54) is 13.8 Å². The van der Waals surface area contributed by atoms with E-state index in [4.69, 9.17) is 13.8 Å². The Morgan fingerprint density at radius 1 is 1.27 bits per heavy atom. The molecule has 0 rings (SSSR count). The first kappa shape index (κ1) is 20.8. The van der Waals surface area contributed by atoms with Crippen LogP contribution in [0.25, 0.3) is 0 Å². The Morgan fingerprint density at radius 3 is 2.14 bits per heavy atom. The molecule has 1 unspecified atom stereocenters. The van der Waals surface area contributed by atoms with Gasteiger partial charge in [-0.2, -0.15) is 0 Å². The van der Waals surface area contributed by atoms with Crippen LogP contribution >= 0.6 is 7.60 Å². The maximum atomic E-state index is 14.1. The van der Waals surface area contributed by atoms with Crippen LogP contribution in [0.2, 0.25) is 0 Å². The van der Waals surface area contributed by atoms with Crippen LogP contribution in [0.1, 0.15) is 34.6 Å². The SMILES string of the molecule is CCOP(=O)(OCC)C(F)C=C(C=O)NC(=O)OC(C)(C)C. The Morgan fingerprint density at radius 2 is 1.77 bits per heavy atom. The number of carbonyl (C=O) groups excluding carboxylic acids is 2. The Kier molecular flexibility index (Phi) is 8.52. The molecular weight excluding hydrogens is 316 g/mol. The van der Waals surface area contributed by atoms with Gasteiger partial charge in [0.1, 0.15) is 5.60 Å². The van der Waals surface area contributed by atoms with Crippen LogP contribution in [0.3, 0.4) is 0 Å². The summed E-state index contributed by atoms with van der Waals surface area (Å²) in [4.78, 5) is 22.4. The third-order valence-corrected chi connectivity index (χ3v) is 4.00. The van der Waals surface area contributed by atoms with Crippen LogP contribution in [0, 0.1) is 0 Å². The van der Waals surface area contributed by atoms with E-state index in [0.29, 0.717) is 6.08 Å². The number of hydrogen-bond acceptors (Lipinski definition) is 6. The van der Waals surface area contributed by atoms with Gasteiger partial charge in [-0.1, -0.05) is 0 Å². The lowest BCUT2D eigenvalue weighted by atomic mass is 10.2. The third kappa shape index (κ3) is 7.68. The van der Waals surface area contributed by atoms with Gasteiger partial charge < -0.3 is 13.8 Å². The Hall–Kier alpha value is -1.24. The predicted octanol–water partition coefficient (Wildman–Crippen LogP) is 3.16. The second kappa shape index (κ2) is 9.02. The molecule has 0 aliphatic carbocycles. The van der Waals surface area contributed by atoms with Gasteiger partial charge in [0.05, 0.1) is 18.9 Å². The summed E-state index contributed by atoms with van der Waals surface area (Å²) >= 11 is 0. The largest absolute Gasteiger partial charge is 0.444 e. The van der Waals surface area contributed by atoms with Crippen LogP contribution in [0.15, 0.2) is 11.8 Å². The van der Waals surface area contributed by atoms with Crippen LogP contribution in [0.4, 0.5) is 9.18 Å². The van der Waals surface area contributed by atoms with E-state index in [1.807, 2.05) is 0 Å². The van der Waals surface area contributed by atoms with Gasteiger partial charge in [-0.25, -0.2) is 9.18 Å². The number of aldehydes is 1. The van der Waals surface area contributed by atoms with E-state index < -0.39 is 30.9 Å². The minimum Gasteiger partial charge on any atom is -0.444 e. The van der Waals surface area contributed by atoms with E-state index in [-0.39, 0.29) is 19.5 Å². The van der Waals surface area contributed by atoms with E-state index in [9.17, 15) is 18.5 Å². The van der Waals surface area contributed by atoms with Crippen molar-refractivity contribution in [1.82, 2.24) is 5.32 Å². The molecule has 1 N–H and O–H groups in total. The first-order valence-corrected chi connectivity index (χ1v) is 8.39. The molecule has 0 bridgehead atoms. The van der Waals surface area contributed by atoms with E-state index in [1.54, 1.807) is 20.8 Å². The quantitative estimate of drug-likeness (QED) is 0.415. The molecule has 0 radical (unpaired) electrons. The van der Waals surface area contributed by atoms with Gasteiger partial charge in [-0.05, 0) is 40.7 Å². The smallest absolute Gasteiger partial charge is 0.412 e. The van der Waals surface area contributed by atoms with Gasteiger partial charge in [-0.15, -0.1) is 0 Å². The van der Waals surface area contributed by atoms with Crippen molar-refractivity contribution in [3.8, 4) is 0 Å². The van der Waals surface area contributed by atoms with E-state index in [0.717, 1.165) is 0 Å². The molecule has 0 spiro atoms. The highest BCUT2D eigenvalue weighted by atomic mass is 31.2. The van der Waals surface area contributed by atoms with Crippen molar-refractivity contribution in [1.29, 1.82) is 0 Å². The fraction of sp³-hybridized carbons (Fsp3) is 0.692. The molecule has 0 saturated heterocycles. The molecule has 7 nitrogen and oxygen atoms in total. The lowest BCUT2D eigenvalue weighted by molar-refractivity contribution is -0.105. The maximum Gasteiger partial charge on any atom is 0.412 e. The molecule has 0 aromatic heterocycles. The van der Waals surface area contributed by atoms with Gasteiger partial charge in [0.2, 0.25) is 5.91 Å². The summed E-state index contributed by atoms with van der Waals surface area (Å²) in [7, 11) is -4.06. The normalized spacial score (nSPS) is 14.4. The van der Waals surface area contributed by atoms with Crippen molar-refractivity contribution in [3.05, 3.63) is 11.8 Å². The predicted molar refractivity (Wildman–Crippen MR) is 79.3 cm³/mol. The average molecular weight is 339 g/mol. The molecule has 0 saturated carbocycles. The number of ether oxygens (including phenoxy) is 1. The first-order chi connectivity index (χ1) is 10.1. The summed E-state index contributed by atoms with van der Waals surface area (Å²) in [5.74, 6) is -2.19. The number of alkyl halides is 1. The number of alkyl carbamates (subject to hydrolysis) is 1. The molecule has 0 heterocycles. The summed E-state index contributed by atoms with van der Waals surface area (Å²) < 4.78 is 40.8. The molecule has 0 aliphatic heterocycles. The lowest BCUT2D eigenvalue weighted by Crippen LogP contribution is -2.32. The fourth-order valence-electron chi connectivity index (χ4n) is 1.31. The van der Waals surface area contributed by atoms with Gasteiger partial charge >= 0.3 is 13.7 Å². The Bertz CT molecular complexity index is 450. The summed E-state index contributed by atoms with van der Waals surface area (Å²) in [6, 6.07) is 0. The Balaban J connectivity index is 5.05. The number of allylic oxidation sites excluding steroid dienone is 2. The fourth-order valence-corrected chi connectivity index (χ4v) is 2.73. The second-order valence-electron chi connectivity index (χ2n) is 5.11. The monoisotopic (exact) mass is 339 g/mol. The minimum absolute atomic E-state index is 0.0263. The summed E-state index contributed by atoms with van der Waals surface area (Å²) in [6.45, 7) is 7.90. The van der Waals surface area contributed by atoms with Crippen LogP contribution in [-0.4, -0.2) is 37.1 Å². The van der Waals surface area contributed by atoms with Crippen molar-refractivity contribution < 1.29 is 32.3 Å². The summed E-state index contributed by atoms with van der Waals surface area (Å²) in [5.41, 5.74) is -1.21. The van der Waals surface area contributed by atoms with Gasteiger partial charge in [0.25, 0.3) is 0 Å². The molecule has 0 aromatic rings. The highest BCUT2D eigenvalue weighted by Gasteiger charge is 2.35. The van der Waals surface area contributed by atoms with Crippen molar-refractivity contribution in [2.45, 2.75) is 46.1 Å². The van der Waals surface area contributed by atoms with Crippen molar-refractivity contribution >= 4 is 20.0 Å². The molecule has 0 aliphatic rings. The molecule has 0 fully saturated rings. The van der Waals surface area contributed by atoms with Gasteiger partial charge in [0.15, 0.2) is 6.29 Å². The van der Waals surface area contributed by atoms with E-state index >= 15 is 0 Å². The zero-order valence-electron chi connectivity index (χ0n) is 13.4. The van der Waals surface area contributed by atoms with E-state index in [2.05, 4.69) is 5.32 Å². The molecule has 128 valence electrons. The second-order valence-corrected chi connectivity index (χ2v) is 7.20. The Labute approximate surface area is 129 Å². The van der Waals surface area contributed by atoms with Crippen molar-refractivity contribution in [2.24, 2.45) is 0 Å². The number of rotatable bonds is 8. The molecule has 22 heavy (non-hydrogen) atoms. The van der Waals surface area contributed by atoms with Crippen molar-refractivity contribution in [2.75, 3.05) is 13.2 Å². The topological polar surface area (TPSA) is 90.9 Å². The summed E-state index contributed by atoms with van der Waals surface area (Å²) in [5, 5.41) is 2.07. The molecular formula is C13H23FNO6P. The van der Waals surface area contributed by atoms with Crippen molar-refractivity contribution in [3.63, 3.8) is 0 Å². The number of halogens is 1. The zero-order valence-corrected chi connectivity index (χ0v) is 14.3. The summed E-state index contributed by atoms with van der Waals surface area (Å²) in [6.07, 6.45) is -0.0532. The number of carbonyl (C=O) groups is 2. The van der Waals surface area contributed by atoms with Crippen LogP contribution in [-0.2, 0) is 23.1 Å². The lowest BCUT2D eigenvalue weighted by Gasteiger charge is -2.21. The molecule has 9 heteroatoms. The molecule has 1 amide bonds.